The standard InChI is InChI=1S/C25H30ClFN4O4/c1-14-18(5-8-23(28)29-14)4-7-22(32)15(2)30-25(35)21-11-17(12-31(21)13-24(33)34)9-16-3-6-20(27)19(26)10-16/h3,5-6,8,10,15,17,21H,4,7,9,11-13H2,1-2H3,(H2,28,29)(H,30,35)(H,33,34)/t15-,17-,21+/m0/s1. The van der Waals surface area contributed by atoms with E-state index in [0.717, 1.165) is 16.8 Å². The van der Waals surface area contributed by atoms with Crippen LogP contribution in [0.2, 0.25) is 5.02 Å². The number of nitrogen functional groups attached to an aromatic ring is 1. The molecule has 35 heavy (non-hydrogen) atoms. The predicted molar refractivity (Wildman–Crippen MR) is 131 cm³/mol. The molecule has 3 atom stereocenters. The Balaban J connectivity index is 1.59. The molecule has 10 heteroatoms. The largest absolute Gasteiger partial charge is 0.480 e. The van der Waals surface area contributed by atoms with Gasteiger partial charge in [0.2, 0.25) is 5.91 Å². The van der Waals surface area contributed by atoms with Crippen LogP contribution in [0.4, 0.5) is 10.2 Å². The second-order valence-corrected chi connectivity index (χ2v) is 9.48. The summed E-state index contributed by atoms with van der Waals surface area (Å²) in [7, 11) is 0. The highest BCUT2D eigenvalue weighted by Gasteiger charge is 2.38. The molecule has 1 amide bonds. The van der Waals surface area contributed by atoms with Crippen molar-refractivity contribution in [1.82, 2.24) is 15.2 Å². The number of amides is 1. The zero-order valence-corrected chi connectivity index (χ0v) is 20.5. The van der Waals surface area contributed by atoms with Gasteiger partial charge in [0.05, 0.1) is 23.7 Å². The Kier molecular flexibility index (Phi) is 8.80. The van der Waals surface area contributed by atoms with Crippen LogP contribution in [-0.2, 0) is 27.2 Å². The average Bonchev–Trinajstić information content (AvgIpc) is 3.16. The highest BCUT2D eigenvalue weighted by Crippen LogP contribution is 2.28. The minimum atomic E-state index is -1.04. The Bertz CT molecular complexity index is 1110. The number of benzene rings is 1. The number of aliphatic carboxylic acids is 1. The van der Waals surface area contributed by atoms with Gasteiger partial charge in [0.15, 0.2) is 5.78 Å². The Hall–Kier alpha value is -3.04. The number of nitrogens with one attached hydrogen (secondary N) is 1. The third-order valence-corrected chi connectivity index (χ3v) is 6.63. The van der Waals surface area contributed by atoms with Crippen molar-refractivity contribution >= 4 is 35.1 Å². The molecule has 1 aliphatic heterocycles. The number of aryl methyl sites for hydroxylation is 2. The molecule has 8 nitrogen and oxygen atoms in total. The fraction of sp³-hybridized carbons (Fsp3) is 0.440. The molecule has 0 spiro atoms. The number of halogens is 2. The second kappa shape index (κ2) is 11.6. The van der Waals surface area contributed by atoms with E-state index in [1.807, 2.05) is 13.0 Å². The van der Waals surface area contributed by atoms with Crippen molar-refractivity contribution in [3.63, 3.8) is 0 Å². The van der Waals surface area contributed by atoms with Crippen LogP contribution in [-0.4, -0.2) is 57.8 Å². The molecule has 2 aromatic rings. The molecule has 0 bridgehead atoms. The number of carboxylic acid groups (broad SMARTS) is 1. The van der Waals surface area contributed by atoms with E-state index in [0.29, 0.717) is 31.6 Å². The molecule has 188 valence electrons. The van der Waals surface area contributed by atoms with Crippen molar-refractivity contribution in [2.75, 3.05) is 18.8 Å². The summed E-state index contributed by atoms with van der Waals surface area (Å²) < 4.78 is 13.5. The van der Waals surface area contributed by atoms with Crippen LogP contribution in [0.5, 0.6) is 0 Å². The monoisotopic (exact) mass is 504 g/mol. The number of likely N-dealkylation sites (tertiary alicyclic amines) is 1. The summed E-state index contributed by atoms with van der Waals surface area (Å²) in [5, 5.41) is 12.1. The van der Waals surface area contributed by atoms with Gasteiger partial charge in [0.1, 0.15) is 11.6 Å². The predicted octanol–water partition coefficient (Wildman–Crippen LogP) is 2.79. The number of rotatable bonds is 10. The average molecular weight is 505 g/mol. The van der Waals surface area contributed by atoms with Crippen molar-refractivity contribution in [3.8, 4) is 0 Å². The molecular weight excluding hydrogens is 475 g/mol. The van der Waals surface area contributed by atoms with Gasteiger partial charge in [0, 0.05) is 18.7 Å². The first-order chi connectivity index (χ1) is 16.5. The van der Waals surface area contributed by atoms with Gasteiger partial charge < -0.3 is 16.2 Å². The van der Waals surface area contributed by atoms with Gasteiger partial charge in [-0.2, -0.15) is 0 Å². The van der Waals surface area contributed by atoms with E-state index in [9.17, 15) is 23.9 Å². The molecular formula is C25H30ClFN4O4. The van der Waals surface area contributed by atoms with E-state index < -0.39 is 23.9 Å². The molecule has 4 N–H and O–H groups in total. The van der Waals surface area contributed by atoms with E-state index in [2.05, 4.69) is 10.3 Å². The van der Waals surface area contributed by atoms with Crippen molar-refractivity contribution in [3.05, 3.63) is 58.0 Å². The first-order valence-corrected chi connectivity index (χ1v) is 11.9. The van der Waals surface area contributed by atoms with Crippen LogP contribution < -0.4 is 11.1 Å². The number of carboxylic acids is 1. The molecule has 0 aliphatic carbocycles. The number of ketones is 1. The molecule has 0 saturated carbocycles. The summed E-state index contributed by atoms with van der Waals surface area (Å²) in [5.74, 6) is -1.65. The number of Topliss-reactive ketones (excluding diaryl/α,β-unsaturated/α-hetero) is 1. The zero-order valence-electron chi connectivity index (χ0n) is 19.8. The maximum Gasteiger partial charge on any atom is 0.317 e. The number of carbonyl (C=O) groups excluding carboxylic acids is 2. The third-order valence-electron chi connectivity index (χ3n) is 6.34. The Morgan fingerprint density at radius 1 is 1.31 bits per heavy atom. The van der Waals surface area contributed by atoms with Crippen LogP contribution >= 0.6 is 11.6 Å². The SMILES string of the molecule is Cc1nc(N)ccc1CCC(=O)[C@H](C)NC(=O)[C@H]1C[C@H](Cc2ccc(F)c(Cl)c2)CN1CC(=O)O. The van der Waals surface area contributed by atoms with Gasteiger partial charge in [0.25, 0.3) is 0 Å². The lowest BCUT2D eigenvalue weighted by atomic mass is 9.96. The number of hydrogen-bond acceptors (Lipinski definition) is 6. The quantitative estimate of drug-likeness (QED) is 0.454. The van der Waals surface area contributed by atoms with Crippen molar-refractivity contribution < 1.29 is 23.9 Å². The van der Waals surface area contributed by atoms with E-state index in [1.54, 1.807) is 30.0 Å². The lowest BCUT2D eigenvalue weighted by molar-refractivity contribution is -0.139. The highest BCUT2D eigenvalue weighted by molar-refractivity contribution is 6.30. The Morgan fingerprint density at radius 2 is 2.06 bits per heavy atom. The molecule has 1 saturated heterocycles. The molecule has 1 aromatic heterocycles. The number of hydrogen-bond donors (Lipinski definition) is 3. The molecule has 3 rings (SSSR count). The van der Waals surface area contributed by atoms with Gasteiger partial charge in [-0.3, -0.25) is 19.3 Å². The van der Waals surface area contributed by atoms with E-state index >= 15 is 0 Å². The molecule has 1 fully saturated rings. The van der Waals surface area contributed by atoms with Crippen LogP contribution in [0.1, 0.15) is 36.6 Å². The minimum Gasteiger partial charge on any atom is -0.480 e. The van der Waals surface area contributed by atoms with E-state index in [-0.39, 0.29) is 35.6 Å². The molecule has 0 unspecified atom stereocenters. The minimum absolute atomic E-state index is 0.0152. The summed E-state index contributed by atoms with van der Waals surface area (Å²) in [6.07, 6.45) is 1.66. The van der Waals surface area contributed by atoms with Crippen molar-refractivity contribution in [2.45, 2.75) is 51.6 Å². The number of carbonyl (C=O) groups is 3. The molecule has 1 aliphatic rings. The first-order valence-electron chi connectivity index (χ1n) is 11.5. The Labute approximate surface area is 208 Å². The fourth-order valence-corrected chi connectivity index (χ4v) is 4.71. The van der Waals surface area contributed by atoms with Gasteiger partial charge in [-0.25, -0.2) is 9.37 Å². The fourth-order valence-electron chi connectivity index (χ4n) is 4.51. The number of nitrogens with zero attached hydrogens (tertiary/aromatic N) is 2. The summed E-state index contributed by atoms with van der Waals surface area (Å²) in [5.41, 5.74) is 8.16. The molecule has 2 heterocycles. The van der Waals surface area contributed by atoms with Gasteiger partial charge in [-0.05, 0) is 68.4 Å². The maximum absolute atomic E-state index is 13.5. The summed E-state index contributed by atoms with van der Waals surface area (Å²) in [4.78, 5) is 42.8. The number of anilines is 1. The highest BCUT2D eigenvalue weighted by atomic mass is 35.5. The van der Waals surface area contributed by atoms with Gasteiger partial charge in [-0.15, -0.1) is 0 Å². The molecule has 0 radical (unpaired) electrons. The normalized spacial score (nSPS) is 18.9. The summed E-state index contributed by atoms with van der Waals surface area (Å²) in [6, 6.07) is 6.61. The van der Waals surface area contributed by atoms with Crippen LogP contribution in [0, 0.1) is 18.7 Å². The van der Waals surface area contributed by atoms with Crippen LogP contribution in [0.3, 0.4) is 0 Å². The summed E-state index contributed by atoms with van der Waals surface area (Å²) >= 11 is 5.87. The third kappa shape index (κ3) is 7.22. The summed E-state index contributed by atoms with van der Waals surface area (Å²) in [6.45, 7) is 3.56. The van der Waals surface area contributed by atoms with Gasteiger partial charge in [-0.1, -0.05) is 23.7 Å². The zero-order chi connectivity index (χ0) is 25.7. The number of aromatic nitrogens is 1. The van der Waals surface area contributed by atoms with Gasteiger partial charge >= 0.3 is 5.97 Å². The first kappa shape index (κ1) is 26.6. The topological polar surface area (TPSA) is 126 Å². The van der Waals surface area contributed by atoms with Crippen LogP contribution in [0.25, 0.3) is 0 Å². The van der Waals surface area contributed by atoms with E-state index in [1.165, 1.54) is 6.07 Å². The lowest BCUT2D eigenvalue weighted by Crippen LogP contribution is -2.49. The van der Waals surface area contributed by atoms with Crippen molar-refractivity contribution in [1.29, 1.82) is 0 Å². The van der Waals surface area contributed by atoms with Crippen molar-refractivity contribution in [2.24, 2.45) is 5.92 Å². The smallest absolute Gasteiger partial charge is 0.317 e. The number of nitrogens with two attached hydrogens (primary N) is 1. The Morgan fingerprint density at radius 3 is 2.71 bits per heavy atom. The number of pyridine rings is 1. The second-order valence-electron chi connectivity index (χ2n) is 9.07. The van der Waals surface area contributed by atoms with Crippen LogP contribution in [0.15, 0.2) is 30.3 Å². The lowest BCUT2D eigenvalue weighted by Gasteiger charge is -2.23. The molecule has 1 aromatic carbocycles. The van der Waals surface area contributed by atoms with E-state index in [4.69, 9.17) is 17.3 Å². The maximum atomic E-state index is 13.5.